The molecule has 104 valence electrons. The lowest BCUT2D eigenvalue weighted by Gasteiger charge is -1.97. The molecule has 3 aromatic rings. The standard InChI is InChI=1S/C11H8N2O.C6H6O/c14-11(9-5-1-3-7-12-9)10-6-2-4-8-13-10;7-6-4-2-1-3-5-6/h1-8H;1-5,7H. The molecular formula is C17H14N2O2. The Balaban J connectivity index is 0.000000194. The van der Waals surface area contributed by atoms with Crippen LogP contribution in [0.3, 0.4) is 0 Å². The smallest absolute Gasteiger partial charge is 0.229 e. The number of carbonyl (C=O) groups excluding carboxylic acids is 1. The number of phenolic OH excluding ortho intramolecular Hbond substituents is 1. The van der Waals surface area contributed by atoms with Crippen molar-refractivity contribution < 1.29 is 9.90 Å². The van der Waals surface area contributed by atoms with Gasteiger partial charge < -0.3 is 5.11 Å². The topological polar surface area (TPSA) is 63.1 Å². The Labute approximate surface area is 122 Å². The molecule has 0 bridgehead atoms. The Kier molecular flexibility index (Phi) is 5.18. The van der Waals surface area contributed by atoms with Crippen LogP contribution in [0.4, 0.5) is 0 Å². The molecular weight excluding hydrogens is 264 g/mol. The van der Waals surface area contributed by atoms with Gasteiger partial charge in [0.05, 0.1) is 0 Å². The van der Waals surface area contributed by atoms with E-state index >= 15 is 0 Å². The van der Waals surface area contributed by atoms with Gasteiger partial charge in [-0.1, -0.05) is 30.3 Å². The predicted molar refractivity (Wildman–Crippen MR) is 80.0 cm³/mol. The number of aromatic nitrogens is 2. The molecule has 0 radical (unpaired) electrons. The molecule has 1 aromatic carbocycles. The summed E-state index contributed by atoms with van der Waals surface area (Å²) >= 11 is 0. The highest BCUT2D eigenvalue weighted by Gasteiger charge is 2.09. The summed E-state index contributed by atoms with van der Waals surface area (Å²) in [6, 6.07) is 19.2. The minimum atomic E-state index is -0.147. The largest absolute Gasteiger partial charge is 0.508 e. The number of ketones is 1. The van der Waals surface area contributed by atoms with Crippen molar-refractivity contribution in [2.75, 3.05) is 0 Å². The second-order valence-electron chi connectivity index (χ2n) is 4.09. The number of pyridine rings is 2. The highest BCUT2D eigenvalue weighted by atomic mass is 16.3. The van der Waals surface area contributed by atoms with Crippen molar-refractivity contribution in [1.82, 2.24) is 9.97 Å². The van der Waals surface area contributed by atoms with Crippen LogP contribution in [0.15, 0.2) is 79.1 Å². The number of phenols is 1. The first kappa shape index (κ1) is 14.4. The molecule has 0 saturated carbocycles. The van der Waals surface area contributed by atoms with Crippen molar-refractivity contribution in [2.45, 2.75) is 0 Å². The highest BCUT2D eigenvalue weighted by Crippen LogP contribution is 2.03. The first-order chi connectivity index (χ1) is 10.3. The van der Waals surface area contributed by atoms with Gasteiger partial charge >= 0.3 is 0 Å². The second kappa shape index (κ2) is 7.55. The molecule has 4 nitrogen and oxygen atoms in total. The lowest BCUT2D eigenvalue weighted by atomic mass is 10.2. The van der Waals surface area contributed by atoms with Gasteiger partial charge in [-0.2, -0.15) is 0 Å². The zero-order valence-electron chi connectivity index (χ0n) is 11.3. The lowest BCUT2D eigenvalue weighted by molar-refractivity contribution is 0.103. The van der Waals surface area contributed by atoms with Gasteiger partial charge in [0.1, 0.15) is 17.1 Å². The Morgan fingerprint density at radius 2 is 1.19 bits per heavy atom. The van der Waals surface area contributed by atoms with E-state index in [1.54, 1.807) is 73.1 Å². The molecule has 3 rings (SSSR count). The van der Waals surface area contributed by atoms with Crippen molar-refractivity contribution in [3.63, 3.8) is 0 Å². The molecule has 2 heterocycles. The van der Waals surface area contributed by atoms with Gasteiger partial charge in [0.15, 0.2) is 0 Å². The molecule has 4 heteroatoms. The van der Waals surface area contributed by atoms with E-state index in [0.29, 0.717) is 17.1 Å². The summed E-state index contributed by atoms with van der Waals surface area (Å²) in [5, 5.41) is 8.63. The van der Waals surface area contributed by atoms with Gasteiger partial charge in [-0.15, -0.1) is 0 Å². The quantitative estimate of drug-likeness (QED) is 0.732. The number of rotatable bonds is 2. The van der Waals surface area contributed by atoms with Crippen molar-refractivity contribution in [2.24, 2.45) is 0 Å². The van der Waals surface area contributed by atoms with E-state index < -0.39 is 0 Å². The van der Waals surface area contributed by atoms with Crippen LogP contribution in [-0.2, 0) is 0 Å². The molecule has 0 unspecified atom stereocenters. The second-order valence-corrected chi connectivity index (χ2v) is 4.09. The first-order valence-corrected chi connectivity index (χ1v) is 6.38. The number of hydrogen-bond acceptors (Lipinski definition) is 4. The molecule has 0 saturated heterocycles. The first-order valence-electron chi connectivity index (χ1n) is 6.38. The van der Waals surface area contributed by atoms with Crippen molar-refractivity contribution in [3.05, 3.63) is 90.5 Å². The Hall–Kier alpha value is -3.01. The third-order valence-corrected chi connectivity index (χ3v) is 2.55. The molecule has 0 aliphatic carbocycles. The van der Waals surface area contributed by atoms with Crippen molar-refractivity contribution in [3.8, 4) is 5.75 Å². The molecule has 1 N–H and O–H groups in total. The Bertz CT molecular complexity index is 629. The highest BCUT2D eigenvalue weighted by molar-refractivity contribution is 6.06. The molecule has 0 aliphatic rings. The van der Waals surface area contributed by atoms with Crippen LogP contribution in [-0.4, -0.2) is 20.9 Å². The van der Waals surface area contributed by atoms with E-state index in [2.05, 4.69) is 9.97 Å². The average molecular weight is 278 g/mol. The number of benzene rings is 1. The molecule has 0 aliphatic heterocycles. The number of para-hydroxylation sites is 1. The SMILES string of the molecule is O=C(c1ccccn1)c1ccccn1.Oc1ccccc1. The maximum absolute atomic E-state index is 11.7. The van der Waals surface area contributed by atoms with Crippen LogP contribution in [0.1, 0.15) is 16.2 Å². The fraction of sp³-hybridized carbons (Fsp3) is 0. The molecule has 0 fully saturated rings. The number of hydrogen-bond donors (Lipinski definition) is 1. The van der Waals surface area contributed by atoms with Crippen molar-refractivity contribution >= 4 is 5.78 Å². The molecule has 0 spiro atoms. The lowest BCUT2D eigenvalue weighted by Crippen LogP contribution is -2.05. The molecule has 2 aromatic heterocycles. The van der Waals surface area contributed by atoms with Crippen LogP contribution in [0.25, 0.3) is 0 Å². The fourth-order valence-electron chi connectivity index (χ4n) is 1.55. The zero-order chi connectivity index (χ0) is 14.9. The monoisotopic (exact) mass is 278 g/mol. The number of carbonyl (C=O) groups is 1. The van der Waals surface area contributed by atoms with E-state index in [4.69, 9.17) is 5.11 Å². The maximum atomic E-state index is 11.7. The van der Waals surface area contributed by atoms with E-state index in [1.165, 1.54) is 0 Å². The van der Waals surface area contributed by atoms with E-state index in [-0.39, 0.29) is 5.78 Å². The van der Waals surface area contributed by atoms with E-state index in [9.17, 15) is 4.79 Å². The number of nitrogens with zero attached hydrogens (tertiary/aromatic N) is 2. The third kappa shape index (κ3) is 4.54. The summed E-state index contributed by atoms with van der Waals surface area (Å²) in [6.07, 6.45) is 3.19. The maximum Gasteiger partial charge on any atom is 0.229 e. The van der Waals surface area contributed by atoms with E-state index in [0.717, 1.165) is 0 Å². The van der Waals surface area contributed by atoms with Gasteiger partial charge in [-0.3, -0.25) is 14.8 Å². The van der Waals surface area contributed by atoms with Gasteiger partial charge in [0.2, 0.25) is 5.78 Å². The fourth-order valence-corrected chi connectivity index (χ4v) is 1.55. The zero-order valence-corrected chi connectivity index (χ0v) is 11.3. The third-order valence-electron chi connectivity index (χ3n) is 2.55. The average Bonchev–Trinajstić information content (AvgIpc) is 2.57. The van der Waals surface area contributed by atoms with E-state index in [1.807, 2.05) is 6.07 Å². The van der Waals surface area contributed by atoms with Crippen LogP contribution < -0.4 is 0 Å². The summed E-state index contributed by atoms with van der Waals surface area (Å²) in [7, 11) is 0. The minimum Gasteiger partial charge on any atom is -0.508 e. The van der Waals surface area contributed by atoms with Gasteiger partial charge in [0.25, 0.3) is 0 Å². The summed E-state index contributed by atoms with van der Waals surface area (Å²) in [6.45, 7) is 0. The van der Waals surface area contributed by atoms with Gasteiger partial charge in [-0.25, -0.2) is 0 Å². The summed E-state index contributed by atoms with van der Waals surface area (Å²) in [5.41, 5.74) is 0.845. The van der Waals surface area contributed by atoms with Gasteiger partial charge in [-0.05, 0) is 36.4 Å². The molecule has 0 atom stereocenters. The Morgan fingerprint density at radius 1 is 0.714 bits per heavy atom. The van der Waals surface area contributed by atoms with Crippen LogP contribution in [0, 0.1) is 0 Å². The summed E-state index contributed by atoms with van der Waals surface area (Å²) in [5.74, 6) is 0.175. The van der Waals surface area contributed by atoms with Crippen LogP contribution in [0.5, 0.6) is 5.75 Å². The minimum absolute atomic E-state index is 0.147. The molecule has 0 amide bonds. The van der Waals surface area contributed by atoms with Crippen molar-refractivity contribution in [1.29, 1.82) is 0 Å². The Morgan fingerprint density at radius 3 is 1.52 bits per heavy atom. The summed E-state index contributed by atoms with van der Waals surface area (Å²) in [4.78, 5) is 19.7. The number of aromatic hydroxyl groups is 1. The normalized spacial score (nSPS) is 9.33. The summed E-state index contributed by atoms with van der Waals surface area (Å²) < 4.78 is 0. The predicted octanol–water partition coefficient (Wildman–Crippen LogP) is 3.10. The van der Waals surface area contributed by atoms with Crippen LogP contribution >= 0.6 is 0 Å². The van der Waals surface area contributed by atoms with Gasteiger partial charge in [0, 0.05) is 12.4 Å². The van der Waals surface area contributed by atoms with Crippen LogP contribution in [0.2, 0.25) is 0 Å². The molecule has 21 heavy (non-hydrogen) atoms.